The summed E-state index contributed by atoms with van der Waals surface area (Å²) in [5.41, 5.74) is 0.102. The summed E-state index contributed by atoms with van der Waals surface area (Å²) >= 11 is 0. The van der Waals surface area contributed by atoms with Crippen molar-refractivity contribution < 1.29 is 28.7 Å². The second kappa shape index (κ2) is 12.7. The van der Waals surface area contributed by atoms with Crippen LogP contribution in [0.2, 0.25) is 0 Å². The van der Waals surface area contributed by atoms with Gasteiger partial charge in [0, 0.05) is 6.42 Å². The molecular weight excluding hydrogens is 414 g/mol. The number of carbonyl (C=O) groups is 4. The molecule has 0 unspecified atom stereocenters. The number of esters is 1. The molecule has 0 aliphatic heterocycles. The van der Waals surface area contributed by atoms with Gasteiger partial charge in [-0.15, -0.1) is 0 Å². The third-order valence-corrected chi connectivity index (χ3v) is 4.26. The van der Waals surface area contributed by atoms with Gasteiger partial charge >= 0.3 is 12.1 Å². The Morgan fingerprint density at radius 2 is 1.56 bits per heavy atom. The molecule has 0 saturated carbocycles. The predicted octanol–water partition coefficient (Wildman–Crippen LogP) is 1.94. The maximum atomic E-state index is 13.1. The maximum Gasteiger partial charge on any atom is 0.408 e. The highest BCUT2D eigenvalue weighted by molar-refractivity contribution is 5.92. The van der Waals surface area contributed by atoms with Crippen molar-refractivity contribution in [1.82, 2.24) is 16.0 Å². The van der Waals surface area contributed by atoms with Crippen LogP contribution in [0.4, 0.5) is 4.79 Å². The summed E-state index contributed by atoms with van der Waals surface area (Å²) in [7, 11) is 1.22. The van der Waals surface area contributed by atoms with Gasteiger partial charge in [-0.25, -0.2) is 4.79 Å². The minimum Gasteiger partial charge on any atom is -0.468 e. The minimum atomic E-state index is -0.963. The van der Waals surface area contributed by atoms with Crippen LogP contribution in [0, 0.1) is 5.92 Å². The van der Waals surface area contributed by atoms with Crippen molar-refractivity contribution in [2.75, 3.05) is 13.7 Å². The van der Waals surface area contributed by atoms with Gasteiger partial charge in [-0.2, -0.15) is 0 Å². The second-order valence-electron chi connectivity index (χ2n) is 8.87. The quantitative estimate of drug-likeness (QED) is 0.469. The number of ether oxygens (including phenoxy) is 2. The SMILES string of the molecule is COC(=O)CNC(=O)[C@@H](CC(C)C)NC(=O)[C@@H](Cc1ccccc1)NC(=O)OC(C)(C)C. The summed E-state index contributed by atoms with van der Waals surface area (Å²) in [5.74, 6) is -1.54. The Labute approximate surface area is 189 Å². The first-order valence-electron chi connectivity index (χ1n) is 10.6. The molecule has 2 atom stereocenters. The molecule has 0 bridgehead atoms. The molecule has 0 radical (unpaired) electrons. The molecule has 0 fully saturated rings. The number of rotatable bonds is 10. The topological polar surface area (TPSA) is 123 Å². The van der Waals surface area contributed by atoms with E-state index >= 15 is 0 Å². The number of alkyl carbamates (subject to hydrolysis) is 1. The van der Waals surface area contributed by atoms with Crippen molar-refractivity contribution in [2.24, 2.45) is 5.92 Å². The molecular formula is C23H35N3O6. The van der Waals surface area contributed by atoms with Crippen molar-refractivity contribution in [3.8, 4) is 0 Å². The van der Waals surface area contributed by atoms with Gasteiger partial charge in [0.25, 0.3) is 0 Å². The minimum absolute atomic E-state index is 0.0931. The number of carbonyl (C=O) groups excluding carboxylic acids is 4. The zero-order chi connectivity index (χ0) is 24.3. The first kappa shape index (κ1) is 26.9. The average Bonchev–Trinajstić information content (AvgIpc) is 2.69. The number of hydrogen-bond acceptors (Lipinski definition) is 6. The Morgan fingerprint density at radius 1 is 0.938 bits per heavy atom. The van der Waals surface area contributed by atoms with Crippen molar-refractivity contribution in [3.05, 3.63) is 35.9 Å². The maximum absolute atomic E-state index is 13.1. The summed E-state index contributed by atoms with van der Waals surface area (Å²) in [4.78, 5) is 49.3. The molecule has 9 heteroatoms. The van der Waals surface area contributed by atoms with Crippen molar-refractivity contribution in [2.45, 2.75) is 65.1 Å². The summed E-state index contributed by atoms with van der Waals surface area (Å²) < 4.78 is 9.82. The predicted molar refractivity (Wildman–Crippen MR) is 120 cm³/mol. The number of amides is 3. The van der Waals surface area contributed by atoms with E-state index in [-0.39, 0.29) is 18.9 Å². The van der Waals surface area contributed by atoms with Crippen LogP contribution in [-0.2, 0) is 30.3 Å². The zero-order valence-corrected chi connectivity index (χ0v) is 19.7. The van der Waals surface area contributed by atoms with Crippen molar-refractivity contribution in [3.63, 3.8) is 0 Å². The highest BCUT2D eigenvalue weighted by atomic mass is 16.6. The van der Waals surface area contributed by atoms with Crippen molar-refractivity contribution in [1.29, 1.82) is 0 Å². The number of hydrogen-bond donors (Lipinski definition) is 3. The van der Waals surface area contributed by atoms with Gasteiger partial charge in [0.2, 0.25) is 11.8 Å². The molecule has 32 heavy (non-hydrogen) atoms. The Balaban J connectivity index is 2.98. The van der Waals surface area contributed by atoms with E-state index in [2.05, 4.69) is 20.7 Å². The summed E-state index contributed by atoms with van der Waals surface area (Å²) in [6.45, 7) is 8.69. The molecule has 0 saturated heterocycles. The van der Waals surface area contributed by atoms with E-state index in [1.54, 1.807) is 20.8 Å². The third kappa shape index (κ3) is 10.8. The van der Waals surface area contributed by atoms with Gasteiger partial charge in [0.05, 0.1) is 7.11 Å². The summed E-state index contributed by atoms with van der Waals surface area (Å²) in [5, 5.41) is 7.77. The molecule has 0 aliphatic rings. The summed E-state index contributed by atoms with van der Waals surface area (Å²) in [6.07, 6.45) is -0.169. The standard InChI is InChI=1S/C23H35N3O6/c1-15(2)12-17(20(28)24-14-19(27)31-6)25-21(29)18(13-16-10-8-7-9-11-16)26-22(30)32-23(3,4)5/h7-11,15,17-18H,12-14H2,1-6H3,(H,24,28)(H,25,29)(H,26,30)/t17-,18-/m1/s1. The van der Waals surface area contributed by atoms with Crippen molar-refractivity contribution >= 4 is 23.9 Å². The Morgan fingerprint density at radius 3 is 2.09 bits per heavy atom. The normalized spacial score (nSPS) is 13.0. The Hall–Kier alpha value is -3.10. The monoisotopic (exact) mass is 449 g/mol. The van der Waals surface area contributed by atoms with Crippen LogP contribution in [-0.4, -0.2) is 55.2 Å². The number of methoxy groups -OCH3 is 1. The van der Waals surface area contributed by atoms with Gasteiger partial charge in [-0.3, -0.25) is 14.4 Å². The molecule has 0 aromatic heterocycles. The highest BCUT2D eigenvalue weighted by Gasteiger charge is 2.29. The first-order chi connectivity index (χ1) is 14.9. The van der Waals surface area contributed by atoms with E-state index in [1.165, 1.54) is 7.11 Å². The Bertz CT molecular complexity index is 774. The van der Waals surface area contributed by atoms with Gasteiger partial charge in [0.1, 0.15) is 24.2 Å². The van der Waals surface area contributed by atoms with E-state index < -0.39 is 41.6 Å². The fourth-order valence-electron chi connectivity index (χ4n) is 2.84. The van der Waals surface area contributed by atoms with Crippen LogP contribution in [0.25, 0.3) is 0 Å². The molecule has 0 spiro atoms. The summed E-state index contributed by atoms with van der Waals surface area (Å²) in [6, 6.07) is 7.35. The molecule has 0 aliphatic carbocycles. The van der Waals surface area contributed by atoms with Crippen LogP contribution >= 0.6 is 0 Å². The molecule has 1 aromatic rings. The molecule has 0 heterocycles. The molecule has 1 rings (SSSR count). The van der Waals surface area contributed by atoms with E-state index in [0.29, 0.717) is 6.42 Å². The van der Waals surface area contributed by atoms with Crippen LogP contribution in [0.5, 0.6) is 0 Å². The van der Waals surface area contributed by atoms with Gasteiger partial charge in [0.15, 0.2) is 0 Å². The average molecular weight is 450 g/mol. The highest BCUT2D eigenvalue weighted by Crippen LogP contribution is 2.10. The third-order valence-electron chi connectivity index (χ3n) is 4.26. The van der Waals surface area contributed by atoms with E-state index in [0.717, 1.165) is 5.56 Å². The lowest BCUT2D eigenvalue weighted by atomic mass is 10.0. The second-order valence-corrected chi connectivity index (χ2v) is 8.87. The Kier molecular flexibility index (Phi) is 10.7. The smallest absolute Gasteiger partial charge is 0.408 e. The van der Waals surface area contributed by atoms with Crippen LogP contribution in [0.1, 0.15) is 46.6 Å². The largest absolute Gasteiger partial charge is 0.468 e. The van der Waals surface area contributed by atoms with Gasteiger partial charge in [-0.1, -0.05) is 44.2 Å². The lowest BCUT2D eigenvalue weighted by molar-refractivity contribution is -0.141. The zero-order valence-electron chi connectivity index (χ0n) is 19.7. The molecule has 9 nitrogen and oxygen atoms in total. The van der Waals surface area contributed by atoms with Crippen LogP contribution in [0.15, 0.2) is 30.3 Å². The fourth-order valence-corrected chi connectivity index (χ4v) is 2.84. The van der Waals surface area contributed by atoms with Crippen LogP contribution in [0.3, 0.4) is 0 Å². The molecule has 1 aromatic carbocycles. The van der Waals surface area contributed by atoms with E-state index in [1.807, 2.05) is 44.2 Å². The lowest BCUT2D eigenvalue weighted by Crippen LogP contribution is -2.55. The van der Waals surface area contributed by atoms with Crippen LogP contribution < -0.4 is 16.0 Å². The van der Waals surface area contributed by atoms with Gasteiger partial charge in [-0.05, 0) is 38.7 Å². The van der Waals surface area contributed by atoms with E-state index in [9.17, 15) is 19.2 Å². The molecule has 178 valence electrons. The fraction of sp³-hybridized carbons (Fsp3) is 0.565. The lowest BCUT2D eigenvalue weighted by Gasteiger charge is -2.26. The number of nitrogens with one attached hydrogen (secondary N) is 3. The molecule has 3 N–H and O–H groups in total. The number of benzene rings is 1. The van der Waals surface area contributed by atoms with Gasteiger partial charge < -0.3 is 25.4 Å². The first-order valence-corrected chi connectivity index (χ1v) is 10.6. The molecule has 3 amide bonds. The van der Waals surface area contributed by atoms with E-state index in [4.69, 9.17) is 4.74 Å².